The van der Waals surface area contributed by atoms with Crippen molar-refractivity contribution in [3.8, 4) is 0 Å². The van der Waals surface area contributed by atoms with E-state index in [0.717, 1.165) is 29.0 Å². The van der Waals surface area contributed by atoms with Gasteiger partial charge in [-0.05, 0) is 49.9 Å². The highest BCUT2D eigenvalue weighted by molar-refractivity contribution is 8.00. The Kier molecular flexibility index (Phi) is 4.81. The molecule has 0 spiro atoms. The van der Waals surface area contributed by atoms with Crippen LogP contribution in [0.25, 0.3) is 11.2 Å². The predicted octanol–water partition coefficient (Wildman–Crippen LogP) is 4.53. The molecule has 0 atom stereocenters. The van der Waals surface area contributed by atoms with Crippen molar-refractivity contribution < 1.29 is 0 Å². The molecule has 2 aromatic heterocycles. The number of aromatic nitrogens is 4. The Morgan fingerprint density at radius 3 is 2.64 bits per heavy atom. The number of aryl methyl sites for hydroxylation is 1. The van der Waals surface area contributed by atoms with Gasteiger partial charge in [-0.25, -0.2) is 9.97 Å². The minimum atomic E-state index is 0.438. The lowest BCUT2D eigenvalue weighted by atomic mass is 9.95. The van der Waals surface area contributed by atoms with Crippen LogP contribution in [0.2, 0.25) is 5.02 Å². The summed E-state index contributed by atoms with van der Waals surface area (Å²) in [6.07, 6.45) is 8.21. The summed E-state index contributed by atoms with van der Waals surface area (Å²) in [5.74, 6) is 0.699. The number of anilines is 1. The molecule has 1 aliphatic carbocycles. The normalized spacial score (nSPS) is 20.7. The first-order valence-corrected chi connectivity index (χ1v) is 9.76. The Morgan fingerprint density at radius 2 is 1.88 bits per heavy atom. The van der Waals surface area contributed by atoms with Gasteiger partial charge in [0, 0.05) is 28.3 Å². The predicted molar refractivity (Wildman–Crippen MR) is 103 cm³/mol. The van der Waals surface area contributed by atoms with Crippen LogP contribution in [0, 0.1) is 0 Å². The Hall–Kier alpha value is -1.79. The molecule has 0 amide bonds. The van der Waals surface area contributed by atoms with E-state index in [1.807, 2.05) is 35.5 Å². The molecule has 1 fully saturated rings. The molecule has 1 saturated carbocycles. The van der Waals surface area contributed by atoms with Crippen molar-refractivity contribution in [3.63, 3.8) is 0 Å². The second-order valence-corrected chi connectivity index (χ2v) is 8.26. The molecule has 1 N–H and O–H groups in total. The Labute approximate surface area is 156 Å². The van der Waals surface area contributed by atoms with Crippen LogP contribution in [0.15, 0.2) is 41.7 Å². The van der Waals surface area contributed by atoms with Crippen molar-refractivity contribution in [3.05, 3.63) is 41.8 Å². The molecule has 5 nitrogen and oxygen atoms in total. The van der Waals surface area contributed by atoms with Crippen LogP contribution < -0.4 is 5.32 Å². The van der Waals surface area contributed by atoms with Crippen molar-refractivity contribution in [1.29, 1.82) is 0 Å². The van der Waals surface area contributed by atoms with Gasteiger partial charge in [0.25, 0.3) is 0 Å². The number of benzene rings is 1. The van der Waals surface area contributed by atoms with E-state index in [1.54, 1.807) is 12.5 Å². The van der Waals surface area contributed by atoms with Crippen LogP contribution in [-0.2, 0) is 7.05 Å². The fourth-order valence-corrected chi connectivity index (χ4v) is 4.52. The minimum absolute atomic E-state index is 0.438. The second-order valence-electron chi connectivity index (χ2n) is 6.45. The first kappa shape index (κ1) is 16.7. The summed E-state index contributed by atoms with van der Waals surface area (Å²) in [7, 11) is 1.95. The standard InChI is InChI=1S/C18H20ClN5S/c1-24-11-21-16-10-20-18(23-17(16)24)22-13-4-8-15(9-5-13)25-14-6-2-12(19)3-7-14/h2-3,6-7,10-11,13,15H,4-5,8-9H2,1H3,(H,20,22,23). The second kappa shape index (κ2) is 7.22. The molecular formula is C18H20ClN5S. The summed E-state index contributed by atoms with van der Waals surface area (Å²) in [5, 5.41) is 4.95. The van der Waals surface area contributed by atoms with Crippen molar-refractivity contribution >= 4 is 40.5 Å². The van der Waals surface area contributed by atoms with Gasteiger partial charge in [-0.2, -0.15) is 4.98 Å². The zero-order valence-electron chi connectivity index (χ0n) is 14.0. The quantitative estimate of drug-likeness (QED) is 0.728. The molecule has 0 bridgehead atoms. The summed E-state index contributed by atoms with van der Waals surface area (Å²) < 4.78 is 1.92. The Morgan fingerprint density at radius 1 is 1.12 bits per heavy atom. The van der Waals surface area contributed by atoms with E-state index >= 15 is 0 Å². The largest absolute Gasteiger partial charge is 0.351 e. The number of nitrogens with zero attached hydrogens (tertiary/aromatic N) is 4. The maximum absolute atomic E-state index is 5.95. The molecule has 4 rings (SSSR count). The van der Waals surface area contributed by atoms with Crippen LogP contribution in [0.5, 0.6) is 0 Å². The van der Waals surface area contributed by atoms with Gasteiger partial charge in [-0.15, -0.1) is 11.8 Å². The monoisotopic (exact) mass is 373 g/mol. The van der Waals surface area contributed by atoms with Crippen molar-refractivity contribution in [2.45, 2.75) is 41.9 Å². The van der Waals surface area contributed by atoms with Gasteiger partial charge in [0.2, 0.25) is 5.95 Å². The van der Waals surface area contributed by atoms with E-state index in [-0.39, 0.29) is 0 Å². The summed E-state index contributed by atoms with van der Waals surface area (Å²) >= 11 is 7.91. The fraction of sp³-hybridized carbons (Fsp3) is 0.389. The van der Waals surface area contributed by atoms with Crippen LogP contribution in [0.3, 0.4) is 0 Å². The molecule has 1 aliphatic rings. The van der Waals surface area contributed by atoms with Crippen LogP contribution in [-0.4, -0.2) is 30.8 Å². The van der Waals surface area contributed by atoms with E-state index in [2.05, 4.69) is 32.4 Å². The maximum atomic E-state index is 5.95. The summed E-state index contributed by atoms with van der Waals surface area (Å²) in [5.41, 5.74) is 1.70. The molecule has 25 heavy (non-hydrogen) atoms. The van der Waals surface area contributed by atoms with Gasteiger partial charge in [-0.3, -0.25) is 0 Å². The molecular weight excluding hydrogens is 354 g/mol. The number of rotatable bonds is 4. The number of imidazole rings is 1. The fourth-order valence-electron chi connectivity index (χ4n) is 3.20. The Balaban J connectivity index is 1.33. The Bertz CT molecular complexity index is 856. The molecule has 0 saturated heterocycles. The zero-order valence-corrected chi connectivity index (χ0v) is 15.6. The SMILES string of the molecule is Cn1cnc2cnc(NC3CCC(Sc4ccc(Cl)cc4)CC3)nc21. The van der Waals surface area contributed by atoms with Crippen molar-refractivity contribution in [1.82, 2.24) is 19.5 Å². The molecule has 130 valence electrons. The molecule has 1 aromatic carbocycles. The maximum Gasteiger partial charge on any atom is 0.224 e. The van der Waals surface area contributed by atoms with E-state index in [0.29, 0.717) is 17.2 Å². The molecule has 2 heterocycles. The van der Waals surface area contributed by atoms with Crippen LogP contribution in [0.1, 0.15) is 25.7 Å². The molecule has 0 aliphatic heterocycles. The van der Waals surface area contributed by atoms with Gasteiger partial charge in [0.1, 0.15) is 5.52 Å². The molecule has 3 aromatic rings. The van der Waals surface area contributed by atoms with E-state index in [4.69, 9.17) is 11.6 Å². The highest BCUT2D eigenvalue weighted by atomic mass is 35.5. The van der Waals surface area contributed by atoms with Gasteiger partial charge in [-0.1, -0.05) is 11.6 Å². The summed E-state index contributed by atoms with van der Waals surface area (Å²) in [6, 6.07) is 8.57. The lowest BCUT2D eigenvalue weighted by Crippen LogP contribution is -2.28. The van der Waals surface area contributed by atoms with Crippen molar-refractivity contribution in [2.24, 2.45) is 7.05 Å². The van der Waals surface area contributed by atoms with Gasteiger partial charge < -0.3 is 9.88 Å². The van der Waals surface area contributed by atoms with Gasteiger partial charge >= 0.3 is 0 Å². The third-order valence-electron chi connectivity index (χ3n) is 4.58. The first-order chi connectivity index (χ1) is 12.2. The van der Waals surface area contributed by atoms with E-state index in [9.17, 15) is 0 Å². The highest BCUT2D eigenvalue weighted by Crippen LogP contribution is 2.34. The number of hydrogen-bond donors (Lipinski definition) is 1. The number of halogens is 1. The lowest BCUT2D eigenvalue weighted by Gasteiger charge is -2.28. The smallest absolute Gasteiger partial charge is 0.224 e. The number of fused-ring (bicyclic) bond motifs is 1. The van der Waals surface area contributed by atoms with E-state index < -0.39 is 0 Å². The van der Waals surface area contributed by atoms with E-state index in [1.165, 1.54) is 17.7 Å². The molecule has 0 unspecified atom stereocenters. The average Bonchev–Trinajstić information content (AvgIpc) is 2.99. The van der Waals surface area contributed by atoms with Gasteiger partial charge in [0.05, 0.1) is 12.5 Å². The summed E-state index contributed by atoms with van der Waals surface area (Å²) in [6.45, 7) is 0. The van der Waals surface area contributed by atoms with Gasteiger partial charge in [0.15, 0.2) is 5.65 Å². The highest BCUT2D eigenvalue weighted by Gasteiger charge is 2.22. The zero-order chi connectivity index (χ0) is 17.2. The third-order valence-corrected chi connectivity index (χ3v) is 6.18. The molecule has 7 heteroatoms. The van der Waals surface area contributed by atoms with Crippen LogP contribution >= 0.6 is 23.4 Å². The number of hydrogen-bond acceptors (Lipinski definition) is 5. The lowest BCUT2D eigenvalue weighted by molar-refractivity contribution is 0.471. The number of nitrogens with one attached hydrogen (secondary N) is 1. The number of thioether (sulfide) groups is 1. The topological polar surface area (TPSA) is 55.6 Å². The molecule has 0 radical (unpaired) electrons. The first-order valence-electron chi connectivity index (χ1n) is 8.50. The average molecular weight is 374 g/mol. The summed E-state index contributed by atoms with van der Waals surface area (Å²) in [4.78, 5) is 14.5. The minimum Gasteiger partial charge on any atom is -0.351 e. The van der Waals surface area contributed by atoms with Crippen molar-refractivity contribution in [2.75, 3.05) is 5.32 Å². The third kappa shape index (κ3) is 3.90. The van der Waals surface area contributed by atoms with Crippen LogP contribution in [0.4, 0.5) is 5.95 Å².